The molecule has 23 heavy (non-hydrogen) atoms. The predicted molar refractivity (Wildman–Crippen MR) is 81.5 cm³/mol. The van der Waals surface area contributed by atoms with E-state index in [1.807, 2.05) is 0 Å². The summed E-state index contributed by atoms with van der Waals surface area (Å²) in [7, 11) is 0. The molecule has 0 radical (unpaired) electrons. The van der Waals surface area contributed by atoms with Crippen molar-refractivity contribution in [3.8, 4) is 0 Å². The van der Waals surface area contributed by atoms with Crippen LogP contribution in [0.1, 0.15) is 19.8 Å². The Labute approximate surface area is 137 Å². The van der Waals surface area contributed by atoms with Gasteiger partial charge in [0, 0.05) is 31.7 Å². The molecule has 0 aromatic rings. The summed E-state index contributed by atoms with van der Waals surface area (Å²) < 4.78 is 0. The predicted octanol–water partition coefficient (Wildman–Crippen LogP) is -1.43. The lowest BCUT2D eigenvalue weighted by molar-refractivity contribution is -0.140. The van der Waals surface area contributed by atoms with E-state index in [1.54, 1.807) is 6.92 Å². The second kappa shape index (κ2) is 9.13. The maximum atomic E-state index is 12.1. The number of likely N-dealkylation sites (tertiary alicyclic amines) is 1. The van der Waals surface area contributed by atoms with Gasteiger partial charge in [0.15, 0.2) is 0 Å². The van der Waals surface area contributed by atoms with E-state index in [9.17, 15) is 24.0 Å². The second-order valence-corrected chi connectivity index (χ2v) is 6.02. The first-order valence-electron chi connectivity index (χ1n) is 7.05. The fourth-order valence-electron chi connectivity index (χ4n) is 1.94. The fraction of sp³-hybridized carbons (Fsp3) is 0.615. The Bertz CT molecular complexity index is 498. The van der Waals surface area contributed by atoms with Crippen LogP contribution in [-0.2, 0) is 24.0 Å². The van der Waals surface area contributed by atoms with Crippen molar-refractivity contribution in [3.05, 3.63) is 0 Å². The molecule has 0 spiro atoms. The zero-order chi connectivity index (χ0) is 17.4. The highest BCUT2D eigenvalue weighted by Crippen LogP contribution is 2.25. The third-order valence-electron chi connectivity index (χ3n) is 3.21. The number of carbonyl (C=O) groups excluding carboxylic acids is 4. The number of nitrogens with zero attached hydrogens (tertiary/aromatic N) is 1. The number of aliphatic carboxylic acids is 1. The van der Waals surface area contributed by atoms with Crippen molar-refractivity contribution >= 4 is 41.9 Å². The molecule has 1 saturated heterocycles. The fourth-order valence-corrected chi connectivity index (χ4v) is 3.13. The third-order valence-corrected chi connectivity index (χ3v) is 4.51. The van der Waals surface area contributed by atoms with Gasteiger partial charge >= 0.3 is 5.97 Å². The minimum atomic E-state index is -1.21. The minimum absolute atomic E-state index is 0.0152. The summed E-state index contributed by atoms with van der Waals surface area (Å²) in [6, 6.07) is -1.11. The van der Waals surface area contributed by atoms with Crippen molar-refractivity contribution in [3.63, 3.8) is 0 Å². The summed E-state index contributed by atoms with van der Waals surface area (Å²) in [6.07, 6.45) is 0.586. The summed E-state index contributed by atoms with van der Waals surface area (Å²) in [4.78, 5) is 57.4. The highest BCUT2D eigenvalue weighted by Gasteiger charge is 2.39. The first-order valence-corrected chi connectivity index (χ1v) is 8.10. The molecule has 1 unspecified atom stereocenters. The zero-order valence-electron chi connectivity index (χ0n) is 12.6. The number of carbonyl (C=O) groups is 5. The van der Waals surface area contributed by atoms with Crippen molar-refractivity contribution in [1.82, 2.24) is 15.5 Å². The van der Waals surface area contributed by atoms with Crippen LogP contribution in [0.5, 0.6) is 0 Å². The molecule has 0 aromatic carbocycles. The Morgan fingerprint density at radius 1 is 1.48 bits per heavy atom. The molecule has 1 aliphatic heterocycles. The summed E-state index contributed by atoms with van der Waals surface area (Å²) in [5.41, 5.74) is 0. The summed E-state index contributed by atoms with van der Waals surface area (Å²) >= 11 is 1.02. The molecule has 0 bridgehead atoms. The number of rotatable bonds is 10. The van der Waals surface area contributed by atoms with Crippen LogP contribution in [0.15, 0.2) is 0 Å². The normalized spacial score (nSPS) is 18.7. The summed E-state index contributed by atoms with van der Waals surface area (Å²) in [5.74, 6) is -2.15. The lowest BCUT2D eigenvalue weighted by atomic mass is 10.3. The van der Waals surface area contributed by atoms with E-state index in [0.717, 1.165) is 16.7 Å². The molecule has 1 aliphatic rings. The van der Waals surface area contributed by atoms with E-state index in [4.69, 9.17) is 5.11 Å². The molecule has 0 saturated carbocycles. The van der Waals surface area contributed by atoms with Gasteiger partial charge in [-0.25, -0.2) is 4.79 Å². The van der Waals surface area contributed by atoms with Gasteiger partial charge in [-0.2, -0.15) is 0 Å². The number of carboxylic acids is 1. The van der Waals surface area contributed by atoms with Crippen LogP contribution < -0.4 is 10.6 Å². The van der Waals surface area contributed by atoms with Gasteiger partial charge in [0.25, 0.3) is 0 Å². The van der Waals surface area contributed by atoms with Crippen LogP contribution in [0.3, 0.4) is 0 Å². The molecular formula is C13H19N3O6S. The maximum Gasteiger partial charge on any atom is 0.327 e. The average Bonchev–Trinajstić information content (AvgIpc) is 2.78. The van der Waals surface area contributed by atoms with E-state index in [0.29, 0.717) is 6.42 Å². The number of imide groups is 1. The Morgan fingerprint density at radius 2 is 2.17 bits per heavy atom. The Kier molecular flexibility index (Phi) is 7.52. The number of amides is 4. The largest absolute Gasteiger partial charge is 0.480 e. The number of nitrogens with one attached hydrogen (secondary N) is 2. The molecule has 0 aromatic heterocycles. The first kappa shape index (κ1) is 18.9. The van der Waals surface area contributed by atoms with Crippen LogP contribution >= 0.6 is 11.8 Å². The molecule has 4 amide bonds. The molecule has 10 heteroatoms. The Balaban J connectivity index is 2.49. The summed E-state index contributed by atoms with van der Waals surface area (Å²) in [5, 5.41) is 13.0. The molecule has 9 nitrogen and oxygen atoms in total. The SMILES string of the molecule is CCC(=O)NCCN1C(=O)CC(SC[C@@H](NC=O)C(=O)O)C1=O. The molecule has 3 N–H and O–H groups in total. The molecular weight excluding hydrogens is 326 g/mol. The Hall–Kier alpha value is -2.10. The van der Waals surface area contributed by atoms with Gasteiger partial charge in [0.05, 0.1) is 5.25 Å². The van der Waals surface area contributed by atoms with Gasteiger partial charge < -0.3 is 15.7 Å². The molecule has 0 aliphatic carbocycles. The lowest BCUT2D eigenvalue weighted by Gasteiger charge is -2.16. The molecule has 1 rings (SSSR count). The van der Waals surface area contributed by atoms with Gasteiger partial charge in [-0.3, -0.25) is 24.1 Å². The monoisotopic (exact) mass is 345 g/mol. The van der Waals surface area contributed by atoms with E-state index in [-0.39, 0.29) is 43.5 Å². The van der Waals surface area contributed by atoms with E-state index < -0.39 is 23.2 Å². The third kappa shape index (κ3) is 5.55. The highest BCUT2D eigenvalue weighted by atomic mass is 32.2. The standard InChI is InChI=1S/C13H19N3O6S/c1-2-10(18)14-3-4-16-11(19)5-9(12(16)20)23-6-8(13(21)22)15-7-17/h7-9H,2-6H2,1H3,(H,14,18)(H,15,17)(H,21,22)/t8-,9?/m1/s1. The van der Waals surface area contributed by atoms with Crippen LogP contribution in [0.2, 0.25) is 0 Å². The maximum absolute atomic E-state index is 12.1. The topological polar surface area (TPSA) is 133 Å². The van der Waals surface area contributed by atoms with Crippen molar-refractivity contribution < 1.29 is 29.1 Å². The smallest absolute Gasteiger partial charge is 0.327 e. The first-order chi connectivity index (χ1) is 10.9. The summed E-state index contributed by atoms with van der Waals surface area (Å²) in [6.45, 7) is 1.97. The molecule has 1 heterocycles. The van der Waals surface area contributed by atoms with Crippen molar-refractivity contribution in [2.75, 3.05) is 18.8 Å². The molecule has 1 fully saturated rings. The number of carboxylic acid groups (broad SMARTS) is 1. The average molecular weight is 345 g/mol. The quantitative estimate of drug-likeness (QED) is 0.327. The van der Waals surface area contributed by atoms with Gasteiger partial charge in [0.1, 0.15) is 6.04 Å². The van der Waals surface area contributed by atoms with E-state index >= 15 is 0 Å². The van der Waals surface area contributed by atoms with E-state index in [2.05, 4.69) is 10.6 Å². The van der Waals surface area contributed by atoms with Gasteiger partial charge in [-0.1, -0.05) is 6.92 Å². The van der Waals surface area contributed by atoms with Gasteiger partial charge in [0.2, 0.25) is 24.1 Å². The van der Waals surface area contributed by atoms with Gasteiger partial charge in [-0.15, -0.1) is 11.8 Å². The lowest BCUT2D eigenvalue weighted by Crippen LogP contribution is -2.40. The highest BCUT2D eigenvalue weighted by molar-refractivity contribution is 8.00. The van der Waals surface area contributed by atoms with Gasteiger partial charge in [-0.05, 0) is 0 Å². The second-order valence-electron chi connectivity index (χ2n) is 4.79. The Morgan fingerprint density at radius 3 is 2.74 bits per heavy atom. The van der Waals surface area contributed by atoms with Crippen molar-refractivity contribution in [2.45, 2.75) is 31.1 Å². The van der Waals surface area contributed by atoms with Crippen LogP contribution in [0.25, 0.3) is 0 Å². The number of hydrogen-bond acceptors (Lipinski definition) is 6. The molecule has 128 valence electrons. The van der Waals surface area contributed by atoms with Crippen LogP contribution in [-0.4, -0.2) is 70.2 Å². The van der Waals surface area contributed by atoms with E-state index in [1.165, 1.54) is 0 Å². The number of hydrogen-bond donors (Lipinski definition) is 3. The van der Waals surface area contributed by atoms with Crippen molar-refractivity contribution in [1.29, 1.82) is 0 Å². The molecule has 2 atom stereocenters. The minimum Gasteiger partial charge on any atom is -0.480 e. The zero-order valence-corrected chi connectivity index (χ0v) is 13.4. The van der Waals surface area contributed by atoms with Crippen LogP contribution in [0.4, 0.5) is 0 Å². The number of thioether (sulfide) groups is 1. The van der Waals surface area contributed by atoms with Crippen LogP contribution in [0, 0.1) is 0 Å². The van der Waals surface area contributed by atoms with Crippen molar-refractivity contribution in [2.24, 2.45) is 0 Å².